The summed E-state index contributed by atoms with van der Waals surface area (Å²) in [7, 11) is 0. The minimum Gasteiger partial charge on any atom is -0.478 e. The summed E-state index contributed by atoms with van der Waals surface area (Å²) in [5, 5.41) is 11.8. The van der Waals surface area contributed by atoms with E-state index in [1.54, 1.807) is 6.07 Å². The molecule has 0 radical (unpaired) electrons. The topological polar surface area (TPSA) is 66.4 Å². The summed E-state index contributed by atoms with van der Waals surface area (Å²) in [6.07, 6.45) is 6.58. The monoisotopic (exact) mass is 323 g/mol. The summed E-state index contributed by atoms with van der Waals surface area (Å²) in [6.45, 7) is 0. The van der Waals surface area contributed by atoms with Gasteiger partial charge in [0.2, 0.25) is 5.91 Å². The molecule has 0 aromatic heterocycles. The third-order valence-electron chi connectivity index (χ3n) is 3.05. The highest BCUT2D eigenvalue weighted by molar-refractivity contribution is 9.10. The summed E-state index contributed by atoms with van der Waals surface area (Å²) >= 11 is 3.24. The average Bonchev–Trinajstić information content (AvgIpc) is 2.39. The van der Waals surface area contributed by atoms with Crippen LogP contribution >= 0.6 is 15.9 Å². The maximum Gasteiger partial charge on any atom is 0.335 e. The van der Waals surface area contributed by atoms with Crippen molar-refractivity contribution in [2.24, 2.45) is 5.92 Å². The fourth-order valence-corrected chi connectivity index (χ4v) is 2.55. The van der Waals surface area contributed by atoms with Crippen molar-refractivity contribution in [3.63, 3.8) is 0 Å². The lowest BCUT2D eigenvalue weighted by Crippen LogP contribution is -2.23. The minimum absolute atomic E-state index is 0.0303. The number of anilines is 1. The highest BCUT2D eigenvalue weighted by Gasteiger charge is 2.19. The van der Waals surface area contributed by atoms with Gasteiger partial charge < -0.3 is 10.4 Å². The molecule has 1 aromatic rings. The molecular formula is C14H14BrNO3. The smallest absolute Gasteiger partial charge is 0.335 e. The Morgan fingerprint density at radius 2 is 2.05 bits per heavy atom. The molecule has 100 valence electrons. The molecule has 1 aliphatic rings. The predicted octanol–water partition coefficient (Wildman–Crippen LogP) is 3.44. The van der Waals surface area contributed by atoms with Crippen molar-refractivity contribution >= 4 is 33.5 Å². The Morgan fingerprint density at radius 1 is 1.26 bits per heavy atom. The zero-order chi connectivity index (χ0) is 13.8. The van der Waals surface area contributed by atoms with Crippen LogP contribution in [0.25, 0.3) is 0 Å². The van der Waals surface area contributed by atoms with E-state index in [4.69, 9.17) is 5.11 Å². The maximum absolute atomic E-state index is 12.1. The Balaban J connectivity index is 2.12. The van der Waals surface area contributed by atoms with Crippen molar-refractivity contribution in [1.29, 1.82) is 0 Å². The van der Waals surface area contributed by atoms with Crippen LogP contribution in [-0.4, -0.2) is 17.0 Å². The third-order valence-corrected chi connectivity index (χ3v) is 3.51. The number of amides is 1. The molecule has 1 aromatic carbocycles. The zero-order valence-corrected chi connectivity index (χ0v) is 11.8. The Bertz CT molecular complexity index is 539. The quantitative estimate of drug-likeness (QED) is 0.837. The number of aromatic carboxylic acids is 1. The van der Waals surface area contributed by atoms with Crippen LogP contribution in [0.5, 0.6) is 0 Å². The number of carbonyl (C=O) groups is 2. The molecule has 19 heavy (non-hydrogen) atoms. The first-order chi connectivity index (χ1) is 9.06. The second-order valence-corrected chi connectivity index (χ2v) is 5.42. The number of hydrogen-bond donors (Lipinski definition) is 2. The van der Waals surface area contributed by atoms with Crippen LogP contribution in [0.2, 0.25) is 0 Å². The number of carbonyl (C=O) groups excluding carboxylic acids is 1. The van der Waals surface area contributed by atoms with Crippen molar-refractivity contribution in [2.45, 2.75) is 19.3 Å². The average molecular weight is 324 g/mol. The molecule has 1 aliphatic carbocycles. The summed E-state index contributed by atoms with van der Waals surface area (Å²) in [5.74, 6) is -1.10. The molecule has 0 spiro atoms. The number of allylic oxidation sites excluding steroid dienone is 2. The van der Waals surface area contributed by atoms with Gasteiger partial charge in [0.15, 0.2) is 0 Å². The molecule has 0 saturated carbocycles. The van der Waals surface area contributed by atoms with E-state index in [-0.39, 0.29) is 17.4 Å². The number of rotatable bonds is 3. The molecule has 0 fully saturated rings. The lowest BCUT2D eigenvalue weighted by Gasteiger charge is -2.17. The summed E-state index contributed by atoms with van der Waals surface area (Å²) in [6, 6.07) is 4.66. The number of benzene rings is 1. The first kappa shape index (κ1) is 13.8. The van der Waals surface area contributed by atoms with Crippen molar-refractivity contribution in [3.8, 4) is 0 Å². The van der Waals surface area contributed by atoms with Gasteiger partial charge in [-0.25, -0.2) is 4.79 Å². The van der Waals surface area contributed by atoms with Gasteiger partial charge in [0.25, 0.3) is 0 Å². The molecule has 0 saturated heterocycles. The van der Waals surface area contributed by atoms with Gasteiger partial charge in [-0.15, -0.1) is 0 Å². The normalized spacial score (nSPS) is 18.1. The number of halogens is 1. The van der Waals surface area contributed by atoms with E-state index in [1.807, 2.05) is 6.08 Å². The highest BCUT2D eigenvalue weighted by Crippen LogP contribution is 2.23. The molecule has 4 nitrogen and oxygen atoms in total. The van der Waals surface area contributed by atoms with E-state index in [0.29, 0.717) is 10.2 Å². The molecule has 0 aliphatic heterocycles. The molecule has 2 rings (SSSR count). The number of carboxylic acid groups (broad SMARTS) is 1. The molecule has 1 unspecified atom stereocenters. The van der Waals surface area contributed by atoms with Crippen molar-refractivity contribution in [2.75, 3.05) is 5.32 Å². The Kier molecular flexibility index (Phi) is 4.37. The molecule has 2 N–H and O–H groups in total. The minimum atomic E-state index is -1.02. The van der Waals surface area contributed by atoms with Gasteiger partial charge in [-0.05, 0) is 37.5 Å². The maximum atomic E-state index is 12.1. The van der Waals surface area contributed by atoms with Crippen LogP contribution in [0.15, 0.2) is 34.8 Å². The first-order valence-corrected chi connectivity index (χ1v) is 6.85. The lowest BCUT2D eigenvalue weighted by molar-refractivity contribution is -0.120. The predicted molar refractivity (Wildman–Crippen MR) is 76.2 cm³/mol. The third kappa shape index (κ3) is 3.67. The number of nitrogens with one attached hydrogen (secondary N) is 1. The largest absolute Gasteiger partial charge is 0.478 e. The van der Waals surface area contributed by atoms with Gasteiger partial charge in [0.05, 0.1) is 5.56 Å². The van der Waals surface area contributed by atoms with Gasteiger partial charge in [0, 0.05) is 16.1 Å². The van der Waals surface area contributed by atoms with E-state index in [2.05, 4.69) is 27.3 Å². The van der Waals surface area contributed by atoms with Gasteiger partial charge in [-0.3, -0.25) is 4.79 Å². The van der Waals surface area contributed by atoms with Crippen LogP contribution in [0.1, 0.15) is 29.6 Å². The van der Waals surface area contributed by atoms with E-state index in [1.165, 1.54) is 12.1 Å². The van der Waals surface area contributed by atoms with Gasteiger partial charge >= 0.3 is 5.97 Å². The van der Waals surface area contributed by atoms with Crippen LogP contribution in [-0.2, 0) is 4.79 Å². The highest BCUT2D eigenvalue weighted by atomic mass is 79.9. The first-order valence-electron chi connectivity index (χ1n) is 6.06. The molecule has 1 atom stereocenters. The molecular weight excluding hydrogens is 310 g/mol. The van der Waals surface area contributed by atoms with Crippen molar-refractivity contribution in [3.05, 3.63) is 40.4 Å². The second-order valence-electron chi connectivity index (χ2n) is 4.50. The number of carboxylic acids is 1. The van der Waals surface area contributed by atoms with Crippen LogP contribution in [0.3, 0.4) is 0 Å². The van der Waals surface area contributed by atoms with Crippen molar-refractivity contribution in [1.82, 2.24) is 0 Å². The molecule has 5 heteroatoms. The molecule has 0 bridgehead atoms. The van der Waals surface area contributed by atoms with Gasteiger partial charge in [0.1, 0.15) is 0 Å². The lowest BCUT2D eigenvalue weighted by atomic mass is 9.93. The Labute approximate surface area is 119 Å². The van der Waals surface area contributed by atoms with Gasteiger partial charge in [-0.1, -0.05) is 28.1 Å². The van der Waals surface area contributed by atoms with Crippen LogP contribution in [0, 0.1) is 5.92 Å². The summed E-state index contributed by atoms with van der Waals surface area (Å²) < 4.78 is 0.631. The fourth-order valence-electron chi connectivity index (χ4n) is 2.06. The zero-order valence-electron chi connectivity index (χ0n) is 10.2. The number of hydrogen-bond acceptors (Lipinski definition) is 2. The SMILES string of the molecule is O=C(O)c1cc(Br)cc(NC(=O)C2CC=CCC2)c1. The molecule has 1 amide bonds. The second kappa shape index (κ2) is 6.02. The van der Waals surface area contributed by atoms with Crippen molar-refractivity contribution < 1.29 is 14.7 Å². The standard InChI is InChI=1S/C14H14BrNO3/c15-11-6-10(14(18)19)7-12(8-11)16-13(17)9-4-2-1-3-5-9/h1-2,6-9H,3-5H2,(H,16,17)(H,18,19). The molecule has 0 heterocycles. The summed E-state index contributed by atoms with van der Waals surface area (Å²) in [4.78, 5) is 23.0. The van der Waals surface area contributed by atoms with Crippen LogP contribution < -0.4 is 5.32 Å². The Morgan fingerprint density at radius 3 is 2.68 bits per heavy atom. The van der Waals surface area contributed by atoms with E-state index >= 15 is 0 Å². The van der Waals surface area contributed by atoms with Crippen LogP contribution in [0.4, 0.5) is 5.69 Å². The van der Waals surface area contributed by atoms with E-state index < -0.39 is 5.97 Å². The van der Waals surface area contributed by atoms with E-state index in [0.717, 1.165) is 19.3 Å². The fraction of sp³-hybridized carbons (Fsp3) is 0.286. The Hall–Kier alpha value is -1.62. The summed E-state index contributed by atoms with van der Waals surface area (Å²) in [5.41, 5.74) is 0.652. The van der Waals surface area contributed by atoms with E-state index in [9.17, 15) is 9.59 Å². The van der Waals surface area contributed by atoms with Gasteiger partial charge in [-0.2, -0.15) is 0 Å².